The molecule has 4 aromatic carbocycles. The van der Waals surface area contributed by atoms with Gasteiger partial charge in [-0.05, 0) is 152 Å². The molecule has 3 atom stereocenters. The number of phenols is 2. The number of piperidine rings is 3. The number of benzene rings is 4. The molecule has 0 spiro atoms. The molecule has 3 fully saturated rings. The Kier molecular flexibility index (Phi) is 14.2. The summed E-state index contributed by atoms with van der Waals surface area (Å²) in [5.41, 5.74) is 7.70. The third-order valence-electron chi connectivity index (χ3n) is 13.1. The van der Waals surface area contributed by atoms with Gasteiger partial charge in [0, 0.05) is 50.2 Å². The van der Waals surface area contributed by atoms with E-state index in [9.17, 15) is 29.4 Å². The summed E-state index contributed by atoms with van der Waals surface area (Å²) in [6.07, 6.45) is 5.88. The first-order valence-electron chi connectivity index (χ1n) is 22.2. The van der Waals surface area contributed by atoms with Crippen molar-refractivity contribution in [3.63, 3.8) is 0 Å². The van der Waals surface area contributed by atoms with Crippen LogP contribution in [0.2, 0.25) is 0 Å². The number of imide groups is 1. The fourth-order valence-electron chi connectivity index (χ4n) is 9.76. The zero-order valence-corrected chi connectivity index (χ0v) is 36.3. The Bertz CT molecular complexity index is 2290. The van der Waals surface area contributed by atoms with Crippen LogP contribution in [0.3, 0.4) is 0 Å². The Hall–Kier alpha value is -5.53. The highest BCUT2D eigenvalue weighted by Gasteiger charge is 2.43. The smallest absolute Gasteiger partial charge is 0.243 e. The van der Waals surface area contributed by atoms with Crippen molar-refractivity contribution in [3.05, 3.63) is 119 Å². The molecule has 2 amide bonds. The molecule has 12 nitrogen and oxygen atoms in total. The van der Waals surface area contributed by atoms with E-state index in [0.29, 0.717) is 50.1 Å². The molecule has 4 heterocycles. The first-order chi connectivity index (χ1) is 30.7. The number of carbonyl (C=O) groups excluding carboxylic acids is 4. The van der Waals surface area contributed by atoms with Gasteiger partial charge in [-0.25, -0.2) is 0 Å². The second-order valence-electron chi connectivity index (χ2n) is 17.2. The van der Waals surface area contributed by atoms with E-state index in [0.717, 1.165) is 115 Å². The number of likely N-dealkylation sites (tertiary alicyclic amines) is 1. The van der Waals surface area contributed by atoms with Crippen LogP contribution in [0.25, 0.3) is 11.1 Å². The van der Waals surface area contributed by atoms with Gasteiger partial charge in [-0.3, -0.25) is 34.3 Å². The second-order valence-corrected chi connectivity index (χ2v) is 17.6. The van der Waals surface area contributed by atoms with Gasteiger partial charge in [0.15, 0.2) is 6.29 Å². The number of aromatic hydroxyl groups is 2. The summed E-state index contributed by atoms with van der Waals surface area (Å²) in [4.78, 5) is 56.0. The van der Waals surface area contributed by atoms with Gasteiger partial charge < -0.3 is 25.2 Å². The number of fused-ring (bicyclic) bond motifs is 1. The zero-order chi connectivity index (χ0) is 43.9. The summed E-state index contributed by atoms with van der Waals surface area (Å²) in [5.74, 6) is 0.927. The topological polar surface area (TPSA) is 152 Å². The number of halogens is 1. The van der Waals surface area contributed by atoms with E-state index in [4.69, 9.17) is 16.3 Å². The predicted molar refractivity (Wildman–Crippen MR) is 244 cm³/mol. The number of nitrogens with one attached hydrogen (secondary N) is 2. The molecular weight excluding hydrogens is 818 g/mol. The molecule has 4 aromatic rings. The Morgan fingerprint density at radius 2 is 1.54 bits per heavy atom. The second kappa shape index (κ2) is 20.3. The fraction of sp³-hybridized carbons (Fsp3) is 0.400. The average molecular weight is 874 g/mol. The van der Waals surface area contributed by atoms with Gasteiger partial charge in [-0.15, -0.1) is 11.6 Å². The van der Waals surface area contributed by atoms with Crippen molar-refractivity contribution in [3.8, 4) is 17.2 Å². The number of hydrogen-bond acceptors (Lipinski definition) is 11. The maximum atomic E-state index is 13.0. The van der Waals surface area contributed by atoms with E-state index in [-0.39, 0.29) is 23.8 Å². The van der Waals surface area contributed by atoms with E-state index in [1.54, 1.807) is 29.2 Å². The highest BCUT2D eigenvalue weighted by Crippen LogP contribution is 2.40. The van der Waals surface area contributed by atoms with Crippen molar-refractivity contribution < 1.29 is 34.1 Å². The van der Waals surface area contributed by atoms with Gasteiger partial charge in [0.2, 0.25) is 17.6 Å². The van der Waals surface area contributed by atoms with E-state index in [1.165, 1.54) is 0 Å². The molecule has 4 aliphatic heterocycles. The molecule has 0 aromatic heterocycles. The summed E-state index contributed by atoms with van der Waals surface area (Å²) in [6.45, 7) is 6.59. The summed E-state index contributed by atoms with van der Waals surface area (Å²) >= 11 is 6.32. The number of Topliss-reactive ketones (excluding diaryl/α,β-unsaturated/α-hetero) is 1. The molecule has 8 rings (SSSR count). The van der Waals surface area contributed by atoms with Crippen LogP contribution in [-0.4, -0.2) is 108 Å². The third kappa shape index (κ3) is 10.5. The predicted octanol–water partition coefficient (Wildman–Crippen LogP) is 6.47. The minimum atomic E-state index is -0.835. The lowest BCUT2D eigenvalue weighted by atomic mass is 9.88. The van der Waals surface area contributed by atoms with Crippen molar-refractivity contribution in [1.29, 1.82) is 0 Å². The monoisotopic (exact) mass is 873 g/mol. The van der Waals surface area contributed by atoms with Gasteiger partial charge in [-0.1, -0.05) is 42.5 Å². The van der Waals surface area contributed by atoms with E-state index in [2.05, 4.69) is 38.6 Å². The number of carbonyl (C=O) groups is 4. The molecule has 4 N–H and O–H groups in total. The van der Waals surface area contributed by atoms with Crippen molar-refractivity contribution in [2.24, 2.45) is 5.92 Å². The van der Waals surface area contributed by atoms with Gasteiger partial charge in [0.05, 0.1) is 6.04 Å². The number of hydrogen-bond donors (Lipinski definition) is 4. The van der Waals surface area contributed by atoms with Crippen molar-refractivity contribution in [2.45, 2.75) is 69.6 Å². The number of rotatable bonds is 16. The van der Waals surface area contributed by atoms with Crippen LogP contribution in [0, 0.1) is 5.92 Å². The molecule has 0 aliphatic carbocycles. The maximum absolute atomic E-state index is 13.0. The lowest BCUT2D eigenvalue weighted by molar-refractivity contribution is -0.141. The number of ether oxygens (including phenoxy) is 1. The number of amides is 2. The number of ketones is 1. The van der Waals surface area contributed by atoms with Crippen LogP contribution in [0.1, 0.15) is 78.8 Å². The van der Waals surface area contributed by atoms with E-state index < -0.39 is 23.8 Å². The molecule has 0 radical (unpaired) electrons. The largest absolute Gasteiger partial charge is 0.508 e. The number of aldehydes is 1. The third-order valence-corrected chi connectivity index (χ3v) is 13.3. The Balaban J connectivity index is 0.811. The van der Waals surface area contributed by atoms with Crippen LogP contribution < -0.4 is 20.3 Å². The van der Waals surface area contributed by atoms with Crippen LogP contribution >= 0.6 is 11.6 Å². The normalized spacial score (nSPS) is 21.4. The number of phenolic OH excluding ortho intramolecular Hbond substituents is 2. The number of anilines is 1. The van der Waals surface area contributed by atoms with Crippen LogP contribution in [0.5, 0.6) is 17.2 Å². The van der Waals surface area contributed by atoms with Gasteiger partial charge >= 0.3 is 0 Å². The van der Waals surface area contributed by atoms with Crippen molar-refractivity contribution >= 4 is 52.3 Å². The SMILES string of the molecule is O=CC(=O)C1c2cc(N3CCCC(NCC4CCN(CCOc5ccc(C(=C(CCCl)c6ccc(O)cc6)c6ccc(O)cc6)cc5)CC4)C3)ccc2CN1C1CCC(=O)NC1=O. The first kappa shape index (κ1) is 44.1. The minimum Gasteiger partial charge on any atom is -0.508 e. The molecule has 3 saturated heterocycles. The quantitative estimate of drug-likeness (QED) is 0.0323. The number of allylic oxidation sites excluding steroid dienone is 1. The van der Waals surface area contributed by atoms with Crippen LogP contribution in [0.15, 0.2) is 91.0 Å². The van der Waals surface area contributed by atoms with Gasteiger partial charge in [-0.2, -0.15) is 0 Å². The lowest BCUT2D eigenvalue weighted by Gasteiger charge is -2.37. The highest BCUT2D eigenvalue weighted by molar-refractivity contribution is 6.27. The number of alkyl halides is 1. The zero-order valence-electron chi connectivity index (χ0n) is 35.5. The molecule has 63 heavy (non-hydrogen) atoms. The van der Waals surface area contributed by atoms with Gasteiger partial charge in [0.25, 0.3) is 0 Å². The van der Waals surface area contributed by atoms with Gasteiger partial charge in [0.1, 0.15) is 29.9 Å². The highest BCUT2D eigenvalue weighted by atomic mass is 35.5. The molecular formula is C50H56ClN5O7. The molecule has 330 valence electrons. The summed E-state index contributed by atoms with van der Waals surface area (Å²) in [6, 6.07) is 27.5. The Morgan fingerprint density at radius 1 is 0.857 bits per heavy atom. The standard InChI is InChI=1S/C50H56ClN5O7/c51-22-19-43(34-4-11-40(58)12-5-34)48(35-6-13-41(59)14-7-35)36-8-15-42(16-9-36)63-27-26-54-24-20-33(21-25-54)29-52-38-2-1-23-55(31-38)39-10-3-37-30-56(45-17-18-47(61)53-50(45)62)49(44(37)28-39)46(60)32-57/h3-16,28,32-33,38,45,49,52,58-59H,1-2,17-27,29-31H2,(H,53,61,62). The van der Waals surface area contributed by atoms with Crippen LogP contribution in [0.4, 0.5) is 5.69 Å². The van der Waals surface area contributed by atoms with Crippen molar-refractivity contribution in [1.82, 2.24) is 20.4 Å². The lowest BCUT2D eigenvalue weighted by Crippen LogP contribution is -2.52. The van der Waals surface area contributed by atoms with Crippen LogP contribution in [-0.2, 0) is 25.7 Å². The summed E-state index contributed by atoms with van der Waals surface area (Å²) < 4.78 is 6.24. The Morgan fingerprint density at radius 3 is 2.21 bits per heavy atom. The molecule has 0 saturated carbocycles. The molecule has 4 aliphatic rings. The molecule has 13 heteroatoms. The maximum Gasteiger partial charge on any atom is 0.243 e. The summed E-state index contributed by atoms with van der Waals surface area (Å²) in [7, 11) is 0. The Labute approximate surface area is 373 Å². The minimum absolute atomic E-state index is 0.198. The van der Waals surface area contributed by atoms with Crippen molar-refractivity contribution in [2.75, 3.05) is 56.7 Å². The van der Waals surface area contributed by atoms with E-state index >= 15 is 0 Å². The first-order valence-corrected chi connectivity index (χ1v) is 22.7. The molecule has 3 unspecified atom stereocenters. The molecule has 0 bridgehead atoms. The number of nitrogens with zero attached hydrogens (tertiary/aromatic N) is 3. The average Bonchev–Trinajstić information content (AvgIpc) is 3.68. The fourth-order valence-corrected chi connectivity index (χ4v) is 9.95. The summed E-state index contributed by atoms with van der Waals surface area (Å²) in [5, 5.41) is 26.2. The van der Waals surface area contributed by atoms with E-state index in [1.807, 2.05) is 48.5 Å².